The zero-order valence-corrected chi connectivity index (χ0v) is 5.37. The second-order valence-electron chi connectivity index (χ2n) is 1.73. The van der Waals surface area contributed by atoms with Crippen LogP contribution < -0.4 is 10.5 Å². The largest absolute Gasteiger partial charge is 0.474 e. The molecule has 0 radical (unpaired) electrons. The first-order chi connectivity index (χ1) is 4.83. The third-order valence-electron chi connectivity index (χ3n) is 0.915. The molecule has 0 aliphatic carbocycles. The summed E-state index contributed by atoms with van der Waals surface area (Å²) in [6, 6.07) is 1.55. The van der Waals surface area contributed by atoms with Crippen LogP contribution in [0.15, 0.2) is 6.07 Å². The minimum atomic E-state index is -0.0211. The van der Waals surface area contributed by atoms with Gasteiger partial charge in [0.2, 0.25) is 5.88 Å². The summed E-state index contributed by atoms with van der Waals surface area (Å²) in [6.45, 7) is 0.219. The van der Waals surface area contributed by atoms with Gasteiger partial charge in [0.25, 0.3) is 0 Å². The molecule has 1 heterocycles. The number of rotatable bonds is 3. The number of hydrogen-bond acceptors (Lipinski definition) is 4. The molecule has 0 aromatic carbocycles. The van der Waals surface area contributed by atoms with Crippen molar-refractivity contribution in [1.82, 2.24) is 10.2 Å². The number of ether oxygens (including phenoxy) is 1. The molecule has 0 bridgehead atoms. The van der Waals surface area contributed by atoms with E-state index in [2.05, 4.69) is 10.2 Å². The first kappa shape index (κ1) is 6.88. The summed E-state index contributed by atoms with van der Waals surface area (Å²) in [5, 5.41) is 14.5. The Morgan fingerprint density at radius 1 is 1.80 bits per heavy atom. The van der Waals surface area contributed by atoms with E-state index in [1.807, 2.05) is 0 Å². The Labute approximate surface area is 57.8 Å². The lowest BCUT2D eigenvalue weighted by atomic mass is 10.6. The van der Waals surface area contributed by atoms with Crippen molar-refractivity contribution < 1.29 is 9.84 Å². The van der Waals surface area contributed by atoms with Gasteiger partial charge in [-0.05, 0) is 0 Å². The molecular weight excluding hydrogens is 134 g/mol. The van der Waals surface area contributed by atoms with Crippen LogP contribution in [0.1, 0.15) is 0 Å². The fourth-order valence-electron chi connectivity index (χ4n) is 0.541. The van der Waals surface area contributed by atoms with Crippen molar-refractivity contribution in [1.29, 1.82) is 0 Å². The third-order valence-corrected chi connectivity index (χ3v) is 0.915. The first-order valence-corrected chi connectivity index (χ1v) is 2.87. The summed E-state index contributed by atoms with van der Waals surface area (Å²) >= 11 is 0. The monoisotopic (exact) mass is 143 g/mol. The van der Waals surface area contributed by atoms with Crippen molar-refractivity contribution in [3.63, 3.8) is 0 Å². The normalized spacial score (nSPS) is 9.70. The van der Waals surface area contributed by atoms with Crippen molar-refractivity contribution in [3.8, 4) is 5.88 Å². The number of anilines is 1. The molecule has 4 N–H and O–H groups in total. The number of nitrogens with zero attached hydrogens (tertiary/aromatic N) is 1. The number of nitrogens with one attached hydrogen (secondary N) is 1. The average Bonchev–Trinajstić information content (AvgIpc) is 2.31. The van der Waals surface area contributed by atoms with Gasteiger partial charge in [-0.2, -0.15) is 0 Å². The summed E-state index contributed by atoms with van der Waals surface area (Å²) in [5.74, 6) is 0.861. The van der Waals surface area contributed by atoms with Crippen LogP contribution in [-0.2, 0) is 0 Å². The van der Waals surface area contributed by atoms with Crippen molar-refractivity contribution in [2.45, 2.75) is 0 Å². The van der Waals surface area contributed by atoms with Gasteiger partial charge in [-0.15, -0.1) is 5.10 Å². The zero-order valence-electron chi connectivity index (χ0n) is 5.37. The summed E-state index contributed by atoms with van der Waals surface area (Å²) in [5.41, 5.74) is 5.29. The highest BCUT2D eigenvalue weighted by Crippen LogP contribution is 2.07. The second-order valence-corrected chi connectivity index (χ2v) is 1.73. The van der Waals surface area contributed by atoms with Crippen LogP contribution in [-0.4, -0.2) is 28.5 Å². The Morgan fingerprint density at radius 3 is 3.10 bits per heavy atom. The van der Waals surface area contributed by atoms with Crippen LogP contribution in [0.3, 0.4) is 0 Å². The van der Waals surface area contributed by atoms with Crippen molar-refractivity contribution in [3.05, 3.63) is 6.07 Å². The highest BCUT2D eigenvalue weighted by molar-refractivity contribution is 5.31. The molecule has 0 aliphatic heterocycles. The van der Waals surface area contributed by atoms with Gasteiger partial charge < -0.3 is 15.6 Å². The summed E-state index contributed by atoms with van der Waals surface area (Å²) in [6.07, 6.45) is 0. The number of H-pyrrole nitrogens is 1. The lowest BCUT2D eigenvalue weighted by molar-refractivity contribution is 0.196. The van der Waals surface area contributed by atoms with Crippen molar-refractivity contribution >= 4 is 5.82 Å². The molecule has 56 valence electrons. The van der Waals surface area contributed by atoms with E-state index in [0.717, 1.165) is 0 Å². The number of aliphatic hydroxyl groups is 1. The van der Waals surface area contributed by atoms with Crippen LogP contribution in [0.2, 0.25) is 0 Å². The van der Waals surface area contributed by atoms with Crippen LogP contribution in [0, 0.1) is 0 Å². The quantitative estimate of drug-likeness (QED) is 0.525. The van der Waals surface area contributed by atoms with Crippen LogP contribution in [0.5, 0.6) is 5.88 Å². The Bertz CT molecular complexity index is 199. The Morgan fingerprint density at radius 2 is 2.60 bits per heavy atom. The SMILES string of the molecule is Nc1cc(OCCO)n[nH]1. The summed E-state index contributed by atoms with van der Waals surface area (Å²) < 4.78 is 4.90. The number of aromatic nitrogens is 2. The molecule has 10 heavy (non-hydrogen) atoms. The lowest BCUT2D eigenvalue weighted by Gasteiger charge is -1.95. The third kappa shape index (κ3) is 1.63. The fourth-order valence-corrected chi connectivity index (χ4v) is 0.541. The zero-order chi connectivity index (χ0) is 7.40. The highest BCUT2D eigenvalue weighted by Gasteiger charge is 1.95. The van der Waals surface area contributed by atoms with Gasteiger partial charge in [0.05, 0.1) is 6.61 Å². The standard InChI is InChI=1S/C5H9N3O2/c6-4-3-5(8-7-4)10-2-1-9/h3,9H,1-2H2,(H3,6,7,8). The molecule has 0 aliphatic rings. The van der Waals surface area contributed by atoms with Gasteiger partial charge >= 0.3 is 0 Å². The van der Waals surface area contributed by atoms with Crippen LogP contribution >= 0.6 is 0 Å². The average molecular weight is 143 g/mol. The van der Waals surface area contributed by atoms with Gasteiger partial charge in [-0.3, -0.25) is 5.10 Å². The maximum Gasteiger partial charge on any atom is 0.234 e. The molecule has 0 amide bonds. The van der Waals surface area contributed by atoms with Gasteiger partial charge in [-0.25, -0.2) is 0 Å². The molecular formula is C5H9N3O2. The highest BCUT2D eigenvalue weighted by atomic mass is 16.5. The van der Waals surface area contributed by atoms with E-state index in [1.165, 1.54) is 0 Å². The molecule has 0 saturated carbocycles. The molecule has 1 aromatic rings. The van der Waals surface area contributed by atoms with Gasteiger partial charge in [0, 0.05) is 6.07 Å². The molecule has 0 unspecified atom stereocenters. The molecule has 0 fully saturated rings. The van der Waals surface area contributed by atoms with E-state index in [4.69, 9.17) is 15.6 Å². The lowest BCUT2D eigenvalue weighted by Crippen LogP contribution is -2.01. The smallest absolute Gasteiger partial charge is 0.234 e. The van der Waals surface area contributed by atoms with E-state index in [1.54, 1.807) is 6.07 Å². The minimum Gasteiger partial charge on any atom is -0.474 e. The van der Waals surface area contributed by atoms with Crippen LogP contribution in [0.25, 0.3) is 0 Å². The predicted molar refractivity (Wildman–Crippen MR) is 35.6 cm³/mol. The van der Waals surface area contributed by atoms with E-state index in [0.29, 0.717) is 11.7 Å². The minimum absolute atomic E-state index is 0.0211. The van der Waals surface area contributed by atoms with E-state index in [9.17, 15) is 0 Å². The number of aliphatic hydroxyl groups excluding tert-OH is 1. The maximum absolute atomic E-state index is 8.34. The molecule has 0 spiro atoms. The van der Waals surface area contributed by atoms with Crippen molar-refractivity contribution in [2.75, 3.05) is 18.9 Å². The topological polar surface area (TPSA) is 84.2 Å². The number of nitrogen functional groups attached to an aromatic ring is 1. The second kappa shape index (κ2) is 3.07. The molecule has 1 aromatic heterocycles. The number of hydrogen-bond donors (Lipinski definition) is 3. The molecule has 5 nitrogen and oxygen atoms in total. The molecule has 0 atom stereocenters. The van der Waals surface area contributed by atoms with Gasteiger partial charge in [-0.1, -0.05) is 0 Å². The molecule has 0 saturated heterocycles. The summed E-state index contributed by atoms with van der Waals surface area (Å²) in [4.78, 5) is 0. The van der Waals surface area contributed by atoms with Crippen LogP contribution in [0.4, 0.5) is 5.82 Å². The van der Waals surface area contributed by atoms with Gasteiger partial charge in [0.15, 0.2) is 0 Å². The molecule has 1 rings (SSSR count). The van der Waals surface area contributed by atoms with Crippen molar-refractivity contribution in [2.24, 2.45) is 0 Å². The Balaban J connectivity index is 2.42. The number of nitrogens with two attached hydrogens (primary N) is 1. The number of aromatic amines is 1. The predicted octanol–water partition coefficient (Wildman–Crippen LogP) is -0.637. The molecule has 5 heteroatoms. The van der Waals surface area contributed by atoms with E-state index in [-0.39, 0.29) is 13.2 Å². The van der Waals surface area contributed by atoms with E-state index < -0.39 is 0 Å². The van der Waals surface area contributed by atoms with Gasteiger partial charge in [0.1, 0.15) is 12.4 Å². The summed E-state index contributed by atoms with van der Waals surface area (Å²) in [7, 11) is 0. The first-order valence-electron chi connectivity index (χ1n) is 2.87. The maximum atomic E-state index is 8.34. The Kier molecular flexibility index (Phi) is 2.11. The fraction of sp³-hybridized carbons (Fsp3) is 0.400. The van der Waals surface area contributed by atoms with E-state index >= 15 is 0 Å². The Hall–Kier alpha value is -1.23.